The van der Waals surface area contributed by atoms with E-state index in [4.69, 9.17) is 4.42 Å². The Morgan fingerprint density at radius 1 is 1.21 bits per heavy atom. The first-order chi connectivity index (χ1) is 13.7. The predicted molar refractivity (Wildman–Crippen MR) is 114 cm³/mol. The number of nitrogens with zero attached hydrogens (tertiary/aromatic N) is 3. The summed E-state index contributed by atoms with van der Waals surface area (Å²) in [5, 5.41) is 13.5. The minimum atomic E-state index is -0.735. The summed E-state index contributed by atoms with van der Waals surface area (Å²) in [6.07, 6.45) is 4.75. The van der Waals surface area contributed by atoms with Gasteiger partial charge < -0.3 is 24.6 Å². The van der Waals surface area contributed by atoms with Gasteiger partial charge in [-0.1, -0.05) is 12.1 Å². The Labute approximate surface area is 167 Å². The first kappa shape index (κ1) is 20.3. The quantitative estimate of drug-likeness (QED) is 0.566. The van der Waals surface area contributed by atoms with Crippen molar-refractivity contribution in [2.75, 3.05) is 38.1 Å². The molecule has 6 heteroatoms. The minimum absolute atomic E-state index is 0.258. The first-order valence-electron chi connectivity index (χ1n) is 10.2. The zero-order chi connectivity index (χ0) is 19.8. The fraction of sp³-hybridized carbons (Fsp3) is 0.500. The summed E-state index contributed by atoms with van der Waals surface area (Å²) < 4.78 is 5.25. The molecule has 1 aromatic heterocycles. The number of nitrogens with one attached hydrogen (secondary N) is 1. The van der Waals surface area contributed by atoms with E-state index >= 15 is 0 Å². The molecule has 1 aliphatic rings. The van der Waals surface area contributed by atoms with E-state index < -0.39 is 6.10 Å². The largest absolute Gasteiger partial charge is 0.467 e. The molecule has 1 aliphatic heterocycles. The standard InChI is InChI=1S/C22H32N4O2/c1-3-23-22(24-16-20(27)21-8-7-15-28-21)25(2)17-18-9-11-19(12-10-18)26-13-5-4-6-14-26/h7-12,15,20,27H,3-6,13-14,16-17H2,1-2H3,(H,23,24). The van der Waals surface area contributed by atoms with Crippen LogP contribution in [0.25, 0.3) is 0 Å². The summed E-state index contributed by atoms with van der Waals surface area (Å²) in [6.45, 7) is 6.15. The molecular weight excluding hydrogens is 352 g/mol. The molecule has 0 radical (unpaired) electrons. The van der Waals surface area contributed by atoms with Crippen molar-refractivity contribution in [2.24, 2.45) is 4.99 Å². The molecule has 0 amide bonds. The zero-order valence-electron chi connectivity index (χ0n) is 17.0. The number of aliphatic hydroxyl groups excluding tert-OH is 1. The van der Waals surface area contributed by atoms with Crippen LogP contribution in [0.3, 0.4) is 0 Å². The maximum absolute atomic E-state index is 10.2. The molecule has 28 heavy (non-hydrogen) atoms. The van der Waals surface area contributed by atoms with Crippen LogP contribution in [-0.4, -0.2) is 49.2 Å². The molecule has 6 nitrogen and oxygen atoms in total. The van der Waals surface area contributed by atoms with Gasteiger partial charge in [0.1, 0.15) is 11.9 Å². The third-order valence-electron chi connectivity index (χ3n) is 5.06. The van der Waals surface area contributed by atoms with Gasteiger partial charge in [0.15, 0.2) is 5.96 Å². The van der Waals surface area contributed by atoms with Crippen molar-refractivity contribution in [3.8, 4) is 0 Å². The fourth-order valence-electron chi connectivity index (χ4n) is 3.53. The molecule has 1 fully saturated rings. The topological polar surface area (TPSA) is 64.2 Å². The van der Waals surface area contributed by atoms with E-state index in [1.54, 1.807) is 18.4 Å². The average molecular weight is 385 g/mol. The molecule has 1 aromatic carbocycles. The molecule has 1 saturated heterocycles. The lowest BCUT2D eigenvalue weighted by Gasteiger charge is -2.29. The number of hydrogen-bond donors (Lipinski definition) is 2. The van der Waals surface area contributed by atoms with Gasteiger partial charge in [0, 0.05) is 38.9 Å². The van der Waals surface area contributed by atoms with Crippen molar-refractivity contribution in [3.63, 3.8) is 0 Å². The molecule has 0 aliphatic carbocycles. The minimum Gasteiger partial charge on any atom is -0.467 e. The summed E-state index contributed by atoms with van der Waals surface area (Å²) in [7, 11) is 2.01. The Kier molecular flexibility index (Phi) is 7.37. The Morgan fingerprint density at radius 3 is 2.61 bits per heavy atom. The fourth-order valence-corrected chi connectivity index (χ4v) is 3.53. The summed E-state index contributed by atoms with van der Waals surface area (Å²) in [4.78, 5) is 9.12. The van der Waals surface area contributed by atoms with Crippen LogP contribution in [-0.2, 0) is 6.54 Å². The van der Waals surface area contributed by atoms with Crippen molar-refractivity contribution < 1.29 is 9.52 Å². The van der Waals surface area contributed by atoms with Gasteiger partial charge in [-0.05, 0) is 56.0 Å². The highest BCUT2D eigenvalue weighted by Gasteiger charge is 2.13. The molecular formula is C22H32N4O2. The molecule has 0 spiro atoms. The van der Waals surface area contributed by atoms with Crippen molar-refractivity contribution in [1.82, 2.24) is 10.2 Å². The van der Waals surface area contributed by atoms with Gasteiger partial charge in [0.05, 0.1) is 12.8 Å². The van der Waals surface area contributed by atoms with Gasteiger partial charge in [0.25, 0.3) is 0 Å². The van der Waals surface area contributed by atoms with Gasteiger partial charge in [-0.2, -0.15) is 0 Å². The second-order valence-electron chi connectivity index (χ2n) is 7.30. The summed E-state index contributed by atoms with van der Waals surface area (Å²) in [5.41, 5.74) is 2.55. The molecule has 1 unspecified atom stereocenters. The number of hydrogen-bond acceptors (Lipinski definition) is 4. The number of rotatable bonds is 7. The number of aliphatic hydroxyl groups is 1. The lowest BCUT2D eigenvalue weighted by atomic mass is 10.1. The van der Waals surface area contributed by atoms with Crippen molar-refractivity contribution >= 4 is 11.6 Å². The van der Waals surface area contributed by atoms with E-state index in [0.717, 1.165) is 32.1 Å². The zero-order valence-corrected chi connectivity index (χ0v) is 17.0. The van der Waals surface area contributed by atoms with Crippen LogP contribution < -0.4 is 10.2 Å². The van der Waals surface area contributed by atoms with E-state index in [9.17, 15) is 5.11 Å². The molecule has 0 saturated carbocycles. The van der Waals surface area contributed by atoms with Gasteiger partial charge >= 0.3 is 0 Å². The number of aliphatic imine (C=N–C) groups is 1. The molecule has 0 bridgehead atoms. The van der Waals surface area contributed by atoms with E-state index in [0.29, 0.717) is 5.76 Å². The third-order valence-corrected chi connectivity index (χ3v) is 5.06. The predicted octanol–water partition coefficient (Wildman–Crippen LogP) is 3.40. The summed E-state index contributed by atoms with van der Waals surface area (Å²) in [6, 6.07) is 12.4. The number of piperidine rings is 1. The van der Waals surface area contributed by atoms with Crippen LogP contribution in [0.15, 0.2) is 52.1 Å². The maximum atomic E-state index is 10.2. The second-order valence-corrected chi connectivity index (χ2v) is 7.30. The van der Waals surface area contributed by atoms with Crippen molar-refractivity contribution in [1.29, 1.82) is 0 Å². The smallest absolute Gasteiger partial charge is 0.194 e. The number of anilines is 1. The van der Waals surface area contributed by atoms with Crippen LogP contribution in [0.5, 0.6) is 0 Å². The average Bonchev–Trinajstić information content (AvgIpc) is 3.27. The van der Waals surface area contributed by atoms with E-state index in [1.807, 2.05) is 14.0 Å². The van der Waals surface area contributed by atoms with E-state index in [-0.39, 0.29) is 6.54 Å². The summed E-state index contributed by atoms with van der Waals surface area (Å²) >= 11 is 0. The molecule has 2 aromatic rings. The van der Waals surface area contributed by atoms with Crippen LogP contribution in [0.1, 0.15) is 43.6 Å². The van der Waals surface area contributed by atoms with Crippen LogP contribution in [0.2, 0.25) is 0 Å². The van der Waals surface area contributed by atoms with Gasteiger partial charge in [-0.3, -0.25) is 0 Å². The Hall–Kier alpha value is -2.47. The second kappa shape index (κ2) is 10.2. The Morgan fingerprint density at radius 2 is 1.96 bits per heavy atom. The third kappa shape index (κ3) is 5.52. The first-order valence-corrected chi connectivity index (χ1v) is 10.2. The van der Waals surface area contributed by atoms with Gasteiger partial charge in [0.2, 0.25) is 0 Å². The monoisotopic (exact) mass is 384 g/mol. The molecule has 1 atom stereocenters. The van der Waals surface area contributed by atoms with E-state index in [1.165, 1.54) is 30.5 Å². The van der Waals surface area contributed by atoms with Gasteiger partial charge in [-0.25, -0.2) is 4.99 Å². The molecule has 2 N–H and O–H groups in total. The highest BCUT2D eigenvalue weighted by Crippen LogP contribution is 2.20. The van der Waals surface area contributed by atoms with Gasteiger partial charge in [-0.15, -0.1) is 0 Å². The normalized spacial score (nSPS) is 16.1. The van der Waals surface area contributed by atoms with Crippen molar-refractivity contribution in [2.45, 2.75) is 38.8 Å². The highest BCUT2D eigenvalue weighted by atomic mass is 16.4. The number of benzene rings is 1. The Bertz CT molecular complexity index is 722. The lowest BCUT2D eigenvalue weighted by Crippen LogP contribution is -2.38. The molecule has 2 heterocycles. The van der Waals surface area contributed by atoms with Crippen molar-refractivity contribution in [3.05, 3.63) is 54.0 Å². The summed E-state index contributed by atoms with van der Waals surface area (Å²) in [5.74, 6) is 1.31. The van der Waals surface area contributed by atoms with E-state index in [2.05, 4.69) is 44.4 Å². The Balaban J connectivity index is 1.59. The highest BCUT2D eigenvalue weighted by molar-refractivity contribution is 5.79. The molecule has 3 rings (SSSR count). The SMILES string of the molecule is CCNC(=NCC(O)c1ccco1)N(C)Cc1ccc(N2CCCCC2)cc1. The maximum Gasteiger partial charge on any atom is 0.194 e. The van der Waals surface area contributed by atoms with Crippen LogP contribution in [0, 0.1) is 0 Å². The number of guanidine groups is 1. The van der Waals surface area contributed by atoms with Crippen LogP contribution >= 0.6 is 0 Å². The van der Waals surface area contributed by atoms with Crippen LogP contribution in [0.4, 0.5) is 5.69 Å². The molecule has 152 valence electrons. The lowest BCUT2D eigenvalue weighted by molar-refractivity contribution is 0.158. The number of furan rings is 1.